The van der Waals surface area contributed by atoms with Gasteiger partial charge < -0.3 is 15.0 Å². The lowest BCUT2D eigenvalue weighted by Crippen LogP contribution is -2.26. The number of imidazole rings is 1. The molecule has 2 aromatic carbocycles. The maximum Gasteiger partial charge on any atom is 0.407 e. The maximum atomic E-state index is 12.1. The van der Waals surface area contributed by atoms with Crippen molar-refractivity contribution in [1.29, 1.82) is 0 Å². The lowest BCUT2D eigenvalue weighted by molar-refractivity contribution is 0.143. The second-order valence-electron chi connectivity index (χ2n) is 6.87. The lowest BCUT2D eigenvalue weighted by Gasteiger charge is -2.14. The van der Waals surface area contributed by atoms with E-state index in [0.717, 1.165) is 17.9 Å². The quantitative estimate of drug-likeness (QED) is 0.618. The number of rotatable bonds is 6. The van der Waals surface area contributed by atoms with Gasteiger partial charge in [-0.05, 0) is 41.7 Å². The van der Waals surface area contributed by atoms with E-state index in [-0.39, 0.29) is 12.0 Å². The van der Waals surface area contributed by atoms with Crippen LogP contribution in [0.4, 0.5) is 4.79 Å². The maximum absolute atomic E-state index is 12.1. The van der Waals surface area contributed by atoms with Crippen LogP contribution in [0, 0.1) is 6.92 Å². The third kappa shape index (κ3) is 3.83. The van der Waals surface area contributed by atoms with Crippen molar-refractivity contribution >= 4 is 12.2 Å². The first-order valence-electron chi connectivity index (χ1n) is 9.49. The number of benzene rings is 2. The molecule has 0 saturated heterocycles. The van der Waals surface area contributed by atoms with Crippen LogP contribution in [-0.2, 0) is 4.74 Å². The molecule has 0 radical (unpaired) electrons. The summed E-state index contributed by atoms with van der Waals surface area (Å²) in [4.78, 5) is 19.4. The highest BCUT2D eigenvalue weighted by atomic mass is 16.5. The number of alkyl carbamates (subject to hydrolysis) is 1. The summed E-state index contributed by atoms with van der Waals surface area (Å²) >= 11 is 0. The van der Waals surface area contributed by atoms with Gasteiger partial charge in [-0.15, -0.1) is 0 Å². The molecule has 4 rings (SSSR count). The largest absolute Gasteiger partial charge is 0.449 e. The molecule has 5 nitrogen and oxygen atoms in total. The second kappa shape index (κ2) is 8.13. The number of amides is 1. The fourth-order valence-electron chi connectivity index (χ4n) is 3.64. The Morgan fingerprint density at radius 1 is 1.14 bits per heavy atom. The minimum atomic E-state index is -0.382. The Bertz CT molecular complexity index is 961. The topological polar surface area (TPSA) is 67.0 Å². The van der Waals surface area contributed by atoms with Crippen LogP contribution in [0.3, 0.4) is 0 Å². The van der Waals surface area contributed by atoms with E-state index >= 15 is 0 Å². The average molecular weight is 373 g/mol. The SMILES string of the molecule is Cc1ncc(C=CCCNC(=O)OCC2c3ccccc3-c3ccccc32)[nH]1. The Kier molecular flexibility index (Phi) is 5.24. The van der Waals surface area contributed by atoms with E-state index < -0.39 is 0 Å². The minimum absolute atomic E-state index is 0.0849. The smallest absolute Gasteiger partial charge is 0.407 e. The Balaban J connectivity index is 1.29. The highest BCUT2D eigenvalue weighted by molar-refractivity contribution is 5.79. The summed E-state index contributed by atoms with van der Waals surface area (Å²) in [6.07, 6.45) is 6.08. The highest BCUT2D eigenvalue weighted by Crippen LogP contribution is 2.44. The van der Waals surface area contributed by atoms with Crippen LogP contribution in [0.5, 0.6) is 0 Å². The van der Waals surface area contributed by atoms with Crippen molar-refractivity contribution in [2.24, 2.45) is 0 Å². The standard InChI is InChI=1S/C23H23N3O2/c1-16-25-14-17(26-16)8-6-7-13-24-23(27)28-15-22-20-11-4-2-9-18(20)19-10-3-5-12-21(19)22/h2-6,8-12,14,22H,7,13,15H2,1H3,(H,24,27)(H,25,26). The summed E-state index contributed by atoms with van der Waals surface area (Å²) in [5, 5.41) is 2.81. The molecular weight excluding hydrogens is 350 g/mol. The molecule has 1 amide bonds. The summed E-state index contributed by atoms with van der Waals surface area (Å²) in [6.45, 7) is 2.78. The van der Waals surface area contributed by atoms with Gasteiger partial charge in [-0.1, -0.05) is 54.6 Å². The predicted molar refractivity (Wildman–Crippen MR) is 110 cm³/mol. The Morgan fingerprint density at radius 3 is 2.46 bits per heavy atom. The van der Waals surface area contributed by atoms with Gasteiger partial charge >= 0.3 is 6.09 Å². The highest BCUT2D eigenvalue weighted by Gasteiger charge is 2.28. The predicted octanol–water partition coefficient (Wildman–Crippen LogP) is 4.66. The van der Waals surface area contributed by atoms with Gasteiger partial charge in [0.05, 0.1) is 11.9 Å². The number of aromatic nitrogens is 2. The molecule has 2 N–H and O–H groups in total. The van der Waals surface area contributed by atoms with Crippen LogP contribution in [0.2, 0.25) is 0 Å². The molecule has 1 aliphatic carbocycles. The van der Waals surface area contributed by atoms with Crippen LogP contribution in [0.1, 0.15) is 35.0 Å². The summed E-state index contributed by atoms with van der Waals surface area (Å²) in [6, 6.07) is 16.6. The van der Waals surface area contributed by atoms with Gasteiger partial charge in [-0.3, -0.25) is 0 Å². The van der Waals surface area contributed by atoms with E-state index in [1.807, 2.05) is 43.3 Å². The molecule has 0 unspecified atom stereocenters. The molecule has 1 aromatic heterocycles. The fraction of sp³-hybridized carbons (Fsp3) is 0.217. The number of aromatic amines is 1. The molecule has 3 aromatic rings. The zero-order chi connectivity index (χ0) is 19.3. The molecule has 0 saturated carbocycles. The van der Waals surface area contributed by atoms with Crippen LogP contribution < -0.4 is 5.32 Å². The zero-order valence-electron chi connectivity index (χ0n) is 15.8. The van der Waals surface area contributed by atoms with Crippen molar-refractivity contribution in [3.63, 3.8) is 0 Å². The van der Waals surface area contributed by atoms with Crippen molar-refractivity contribution in [3.8, 4) is 11.1 Å². The number of H-pyrrole nitrogens is 1. The molecule has 0 aliphatic heterocycles. The Morgan fingerprint density at radius 2 is 1.82 bits per heavy atom. The number of hydrogen-bond acceptors (Lipinski definition) is 3. The van der Waals surface area contributed by atoms with Gasteiger partial charge in [0.15, 0.2) is 0 Å². The number of nitrogens with one attached hydrogen (secondary N) is 2. The molecule has 0 bridgehead atoms. The summed E-state index contributed by atoms with van der Waals surface area (Å²) < 4.78 is 5.52. The Hall–Kier alpha value is -3.34. The van der Waals surface area contributed by atoms with Gasteiger partial charge in [0.25, 0.3) is 0 Å². The molecule has 1 heterocycles. The van der Waals surface area contributed by atoms with E-state index in [2.05, 4.69) is 39.6 Å². The van der Waals surface area contributed by atoms with Crippen molar-refractivity contribution in [2.45, 2.75) is 19.3 Å². The molecule has 1 aliphatic rings. The van der Waals surface area contributed by atoms with Crippen LogP contribution in [0.25, 0.3) is 17.2 Å². The second-order valence-corrected chi connectivity index (χ2v) is 6.87. The van der Waals surface area contributed by atoms with Crippen molar-refractivity contribution in [1.82, 2.24) is 15.3 Å². The summed E-state index contributed by atoms with van der Waals surface area (Å²) in [5.74, 6) is 0.970. The number of aryl methyl sites for hydroxylation is 1. The zero-order valence-corrected chi connectivity index (χ0v) is 15.8. The fourth-order valence-corrected chi connectivity index (χ4v) is 3.64. The third-order valence-electron chi connectivity index (χ3n) is 4.94. The van der Waals surface area contributed by atoms with Crippen molar-refractivity contribution < 1.29 is 9.53 Å². The number of nitrogens with zero attached hydrogens (tertiary/aromatic N) is 1. The van der Waals surface area contributed by atoms with Crippen LogP contribution >= 0.6 is 0 Å². The van der Waals surface area contributed by atoms with Crippen molar-refractivity contribution in [2.75, 3.05) is 13.2 Å². The molecule has 5 heteroatoms. The van der Waals surface area contributed by atoms with Gasteiger partial charge in [0, 0.05) is 12.5 Å². The first-order chi connectivity index (χ1) is 13.7. The van der Waals surface area contributed by atoms with Gasteiger partial charge in [0.2, 0.25) is 0 Å². The Labute approximate surface area is 164 Å². The molecule has 0 spiro atoms. The van der Waals surface area contributed by atoms with Gasteiger partial charge in [-0.25, -0.2) is 9.78 Å². The number of carbonyl (C=O) groups excluding carboxylic acids is 1. The average Bonchev–Trinajstić information content (AvgIpc) is 3.27. The number of ether oxygens (including phenoxy) is 1. The summed E-state index contributed by atoms with van der Waals surface area (Å²) in [5.41, 5.74) is 5.85. The first kappa shape index (κ1) is 18.0. The van der Waals surface area contributed by atoms with Gasteiger partial charge in [0.1, 0.15) is 12.4 Å². The molecular formula is C23H23N3O2. The molecule has 0 atom stereocenters. The normalized spacial score (nSPS) is 12.8. The van der Waals surface area contributed by atoms with Crippen LogP contribution in [-0.4, -0.2) is 29.2 Å². The third-order valence-corrected chi connectivity index (χ3v) is 4.94. The van der Waals surface area contributed by atoms with E-state index in [1.165, 1.54) is 22.3 Å². The van der Waals surface area contributed by atoms with Gasteiger partial charge in [-0.2, -0.15) is 0 Å². The first-order valence-corrected chi connectivity index (χ1v) is 9.49. The van der Waals surface area contributed by atoms with Crippen LogP contribution in [0.15, 0.2) is 60.8 Å². The number of hydrogen-bond donors (Lipinski definition) is 2. The molecule has 28 heavy (non-hydrogen) atoms. The van der Waals surface area contributed by atoms with E-state index in [9.17, 15) is 4.79 Å². The van der Waals surface area contributed by atoms with E-state index in [1.54, 1.807) is 6.20 Å². The lowest BCUT2D eigenvalue weighted by atomic mass is 9.98. The number of fused-ring (bicyclic) bond motifs is 3. The van der Waals surface area contributed by atoms with E-state index in [0.29, 0.717) is 13.2 Å². The van der Waals surface area contributed by atoms with E-state index in [4.69, 9.17) is 4.74 Å². The monoisotopic (exact) mass is 373 g/mol. The molecule has 0 fully saturated rings. The summed E-state index contributed by atoms with van der Waals surface area (Å²) in [7, 11) is 0. The molecule has 142 valence electrons. The minimum Gasteiger partial charge on any atom is -0.449 e. The number of carbonyl (C=O) groups is 1. The van der Waals surface area contributed by atoms with Crippen molar-refractivity contribution in [3.05, 3.63) is 83.4 Å².